The second kappa shape index (κ2) is 8.98. The van der Waals surface area contributed by atoms with E-state index in [0.29, 0.717) is 5.41 Å². The van der Waals surface area contributed by atoms with Crippen LogP contribution >= 0.6 is 0 Å². The first-order valence-electron chi connectivity index (χ1n) is 7.59. The Hall–Kier alpha value is -1.02. The zero-order valence-electron chi connectivity index (χ0n) is 12.7. The number of benzene rings is 1. The highest BCUT2D eigenvalue weighted by Gasteiger charge is 2.22. The maximum absolute atomic E-state index is 5.76. The zero-order valence-corrected chi connectivity index (χ0v) is 12.7. The standard InChI is InChI=1S/C17H29NO/c1-4-12-17(3,15-18-5-2)13-9-14-19-16-10-7-6-8-11-16/h6-8,10-11,18H,4-5,9,12-15H2,1-3H3. The predicted molar refractivity (Wildman–Crippen MR) is 82.7 cm³/mol. The number of ether oxygens (including phenoxy) is 1. The Morgan fingerprint density at radius 1 is 1.11 bits per heavy atom. The van der Waals surface area contributed by atoms with E-state index in [4.69, 9.17) is 4.74 Å². The minimum atomic E-state index is 0.408. The number of rotatable bonds is 10. The topological polar surface area (TPSA) is 21.3 Å². The third kappa shape index (κ3) is 6.63. The van der Waals surface area contributed by atoms with Crippen LogP contribution in [-0.4, -0.2) is 19.7 Å². The van der Waals surface area contributed by atoms with Crippen LogP contribution in [-0.2, 0) is 0 Å². The van der Waals surface area contributed by atoms with E-state index in [1.165, 1.54) is 19.3 Å². The summed E-state index contributed by atoms with van der Waals surface area (Å²) in [5.74, 6) is 0.978. The van der Waals surface area contributed by atoms with Gasteiger partial charge in [-0.3, -0.25) is 0 Å². The molecule has 1 N–H and O–H groups in total. The minimum absolute atomic E-state index is 0.408. The van der Waals surface area contributed by atoms with E-state index >= 15 is 0 Å². The summed E-state index contributed by atoms with van der Waals surface area (Å²) in [5, 5.41) is 3.49. The van der Waals surface area contributed by atoms with Gasteiger partial charge in [-0.15, -0.1) is 0 Å². The van der Waals surface area contributed by atoms with Gasteiger partial charge in [-0.2, -0.15) is 0 Å². The van der Waals surface area contributed by atoms with E-state index in [9.17, 15) is 0 Å². The molecular weight excluding hydrogens is 234 g/mol. The molecule has 1 rings (SSSR count). The fraction of sp³-hybridized carbons (Fsp3) is 0.647. The Morgan fingerprint density at radius 3 is 2.47 bits per heavy atom. The summed E-state index contributed by atoms with van der Waals surface area (Å²) in [6, 6.07) is 10.1. The van der Waals surface area contributed by atoms with E-state index in [0.717, 1.165) is 31.9 Å². The second-order valence-electron chi connectivity index (χ2n) is 5.61. The van der Waals surface area contributed by atoms with Gasteiger partial charge in [0.25, 0.3) is 0 Å². The van der Waals surface area contributed by atoms with Crippen molar-refractivity contribution in [2.75, 3.05) is 19.7 Å². The molecule has 2 nitrogen and oxygen atoms in total. The summed E-state index contributed by atoms with van der Waals surface area (Å²) < 4.78 is 5.76. The molecule has 0 radical (unpaired) electrons. The maximum Gasteiger partial charge on any atom is 0.119 e. The van der Waals surface area contributed by atoms with Crippen molar-refractivity contribution in [3.05, 3.63) is 30.3 Å². The molecule has 1 aromatic carbocycles. The van der Waals surface area contributed by atoms with Crippen molar-refractivity contribution in [1.29, 1.82) is 0 Å². The van der Waals surface area contributed by atoms with Crippen LogP contribution in [0.3, 0.4) is 0 Å². The molecule has 108 valence electrons. The Bertz CT molecular complexity index is 325. The molecule has 1 atom stereocenters. The molecule has 2 heteroatoms. The van der Waals surface area contributed by atoms with Crippen molar-refractivity contribution in [3.63, 3.8) is 0 Å². The van der Waals surface area contributed by atoms with Gasteiger partial charge in [-0.05, 0) is 43.4 Å². The lowest BCUT2D eigenvalue weighted by Gasteiger charge is -2.29. The molecular formula is C17H29NO. The fourth-order valence-corrected chi connectivity index (χ4v) is 2.54. The van der Waals surface area contributed by atoms with Gasteiger partial charge in [0.2, 0.25) is 0 Å². The van der Waals surface area contributed by atoms with Crippen LogP contribution in [0.4, 0.5) is 0 Å². The fourth-order valence-electron chi connectivity index (χ4n) is 2.54. The quantitative estimate of drug-likeness (QED) is 0.637. The van der Waals surface area contributed by atoms with E-state index < -0.39 is 0 Å². The molecule has 0 heterocycles. The summed E-state index contributed by atoms with van der Waals surface area (Å²) in [6.07, 6.45) is 4.88. The summed E-state index contributed by atoms with van der Waals surface area (Å²) in [5.41, 5.74) is 0.408. The number of hydrogen-bond acceptors (Lipinski definition) is 2. The van der Waals surface area contributed by atoms with Gasteiger partial charge in [0, 0.05) is 6.54 Å². The number of hydrogen-bond donors (Lipinski definition) is 1. The van der Waals surface area contributed by atoms with E-state index in [1.54, 1.807) is 0 Å². The maximum atomic E-state index is 5.76. The molecule has 0 aromatic heterocycles. The van der Waals surface area contributed by atoms with Crippen LogP contribution in [0, 0.1) is 5.41 Å². The van der Waals surface area contributed by atoms with Gasteiger partial charge < -0.3 is 10.1 Å². The first kappa shape index (κ1) is 16.0. The Morgan fingerprint density at radius 2 is 1.84 bits per heavy atom. The SMILES string of the molecule is CCCC(C)(CCCOc1ccccc1)CNCC. The largest absolute Gasteiger partial charge is 0.494 e. The molecule has 0 aliphatic heterocycles. The lowest BCUT2D eigenvalue weighted by atomic mass is 9.81. The van der Waals surface area contributed by atoms with Crippen molar-refractivity contribution >= 4 is 0 Å². The molecule has 0 amide bonds. The Labute approximate surface area is 118 Å². The third-order valence-corrected chi connectivity index (χ3v) is 3.59. The lowest BCUT2D eigenvalue weighted by Crippen LogP contribution is -2.32. The van der Waals surface area contributed by atoms with Crippen LogP contribution in [0.5, 0.6) is 5.75 Å². The van der Waals surface area contributed by atoms with Crippen LogP contribution in [0.15, 0.2) is 30.3 Å². The van der Waals surface area contributed by atoms with Crippen molar-refractivity contribution in [3.8, 4) is 5.75 Å². The number of para-hydroxylation sites is 1. The predicted octanol–water partition coefficient (Wildman–Crippen LogP) is 4.26. The molecule has 19 heavy (non-hydrogen) atoms. The van der Waals surface area contributed by atoms with Gasteiger partial charge >= 0.3 is 0 Å². The number of nitrogens with one attached hydrogen (secondary N) is 1. The molecule has 0 saturated carbocycles. The van der Waals surface area contributed by atoms with Crippen molar-refractivity contribution < 1.29 is 4.74 Å². The average molecular weight is 263 g/mol. The molecule has 1 aromatic rings. The van der Waals surface area contributed by atoms with Crippen LogP contribution in [0.2, 0.25) is 0 Å². The summed E-state index contributed by atoms with van der Waals surface area (Å²) >= 11 is 0. The summed E-state index contributed by atoms with van der Waals surface area (Å²) in [4.78, 5) is 0. The smallest absolute Gasteiger partial charge is 0.119 e. The van der Waals surface area contributed by atoms with Gasteiger partial charge in [-0.1, -0.05) is 45.4 Å². The summed E-state index contributed by atoms with van der Waals surface area (Å²) in [6.45, 7) is 9.81. The Kier molecular flexibility index (Phi) is 7.57. The lowest BCUT2D eigenvalue weighted by molar-refractivity contribution is 0.219. The van der Waals surface area contributed by atoms with Gasteiger partial charge in [0.1, 0.15) is 5.75 Å². The van der Waals surface area contributed by atoms with Gasteiger partial charge in [0.05, 0.1) is 6.61 Å². The molecule has 0 spiro atoms. The summed E-state index contributed by atoms with van der Waals surface area (Å²) in [7, 11) is 0. The molecule has 0 fully saturated rings. The van der Waals surface area contributed by atoms with Crippen LogP contribution < -0.4 is 10.1 Å². The first-order valence-corrected chi connectivity index (χ1v) is 7.59. The zero-order chi connectivity index (χ0) is 14.0. The van der Waals surface area contributed by atoms with Gasteiger partial charge in [-0.25, -0.2) is 0 Å². The highest BCUT2D eigenvalue weighted by atomic mass is 16.5. The Balaban J connectivity index is 2.27. The highest BCUT2D eigenvalue weighted by molar-refractivity contribution is 5.20. The molecule has 0 aliphatic rings. The monoisotopic (exact) mass is 263 g/mol. The highest BCUT2D eigenvalue weighted by Crippen LogP contribution is 2.28. The van der Waals surface area contributed by atoms with Crippen LogP contribution in [0.25, 0.3) is 0 Å². The average Bonchev–Trinajstić information content (AvgIpc) is 2.43. The first-order chi connectivity index (χ1) is 9.20. The molecule has 0 saturated heterocycles. The van der Waals surface area contributed by atoms with E-state index in [2.05, 4.69) is 26.1 Å². The second-order valence-corrected chi connectivity index (χ2v) is 5.61. The third-order valence-electron chi connectivity index (χ3n) is 3.59. The van der Waals surface area contributed by atoms with Crippen molar-refractivity contribution in [1.82, 2.24) is 5.32 Å². The van der Waals surface area contributed by atoms with Crippen LogP contribution in [0.1, 0.15) is 46.5 Å². The molecule has 0 aliphatic carbocycles. The molecule has 1 unspecified atom stereocenters. The normalized spacial score (nSPS) is 14.1. The van der Waals surface area contributed by atoms with Gasteiger partial charge in [0.15, 0.2) is 0 Å². The van der Waals surface area contributed by atoms with E-state index in [-0.39, 0.29) is 0 Å². The van der Waals surface area contributed by atoms with Crippen molar-refractivity contribution in [2.45, 2.75) is 46.5 Å². The minimum Gasteiger partial charge on any atom is -0.494 e. The molecule has 0 bridgehead atoms. The van der Waals surface area contributed by atoms with Crippen molar-refractivity contribution in [2.24, 2.45) is 5.41 Å². The van der Waals surface area contributed by atoms with E-state index in [1.807, 2.05) is 30.3 Å².